The third-order valence-corrected chi connectivity index (χ3v) is 7.65. The Hall–Kier alpha value is -2.32. The molecule has 1 fully saturated rings. The summed E-state index contributed by atoms with van der Waals surface area (Å²) < 4.78 is 39.2. The van der Waals surface area contributed by atoms with Gasteiger partial charge in [-0.05, 0) is 66.8 Å². The van der Waals surface area contributed by atoms with E-state index < -0.39 is 9.84 Å². The van der Waals surface area contributed by atoms with Gasteiger partial charge in [0.1, 0.15) is 5.75 Å². The Balaban J connectivity index is 1.83. The molecule has 1 saturated heterocycles. The Morgan fingerprint density at radius 2 is 1.65 bits per heavy atom. The topological polar surface area (TPSA) is 72.6 Å². The van der Waals surface area contributed by atoms with Crippen LogP contribution in [0.1, 0.15) is 20.3 Å². The molecule has 4 rings (SSSR count). The van der Waals surface area contributed by atoms with Crippen LogP contribution in [0.15, 0.2) is 67.3 Å². The van der Waals surface area contributed by atoms with Crippen LogP contribution in [-0.4, -0.2) is 33.6 Å². The highest BCUT2D eigenvalue weighted by Crippen LogP contribution is 2.37. The Morgan fingerprint density at radius 1 is 1.03 bits per heavy atom. The van der Waals surface area contributed by atoms with Gasteiger partial charge in [0, 0.05) is 23.1 Å². The summed E-state index contributed by atoms with van der Waals surface area (Å²) in [5.74, 6) is 2.16. The predicted molar refractivity (Wildman–Crippen MR) is 123 cm³/mol. The van der Waals surface area contributed by atoms with Crippen LogP contribution in [0.5, 0.6) is 5.75 Å². The highest BCUT2D eigenvalue weighted by Gasteiger charge is 2.34. The molecule has 1 aliphatic rings. The number of methoxy groups -OCH3 is 1. The van der Waals surface area contributed by atoms with E-state index in [1.165, 1.54) is 0 Å². The highest BCUT2D eigenvalue weighted by atomic mass is 79.9. The first-order valence-corrected chi connectivity index (χ1v) is 12.5. The van der Waals surface area contributed by atoms with Crippen LogP contribution in [0.25, 0.3) is 11.5 Å². The number of halogens is 1. The second-order valence-corrected chi connectivity index (χ2v) is 10.9. The average Bonchev–Trinajstić information content (AvgIpc) is 3.20. The van der Waals surface area contributed by atoms with Crippen LogP contribution >= 0.6 is 15.9 Å². The van der Waals surface area contributed by atoms with Crippen molar-refractivity contribution in [1.29, 1.82) is 0 Å². The van der Waals surface area contributed by atoms with Gasteiger partial charge in [0.25, 0.3) is 0 Å². The fourth-order valence-electron chi connectivity index (χ4n) is 4.08. The van der Waals surface area contributed by atoms with E-state index in [1.807, 2.05) is 17.0 Å². The molecular weight excluding hydrogens is 480 g/mol. The van der Waals surface area contributed by atoms with E-state index in [0.717, 1.165) is 24.0 Å². The summed E-state index contributed by atoms with van der Waals surface area (Å²) in [5, 5.41) is -0.0399. The molecule has 1 aromatic heterocycles. The number of benzene rings is 2. The maximum Gasteiger partial charge on any atom is 0.236 e. The van der Waals surface area contributed by atoms with Crippen LogP contribution in [0.4, 0.5) is 5.88 Å². The molecule has 164 valence electrons. The van der Waals surface area contributed by atoms with Gasteiger partial charge in [-0.25, -0.2) is 8.42 Å². The van der Waals surface area contributed by atoms with E-state index in [4.69, 9.17) is 9.15 Å². The molecule has 0 saturated carbocycles. The van der Waals surface area contributed by atoms with Gasteiger partial charge in [-0.1, -0.05) is 29.8 Å². The summed E-state index contributed by atoms with van der Waals surface area (Å²) in [6.07, 6.45) is 1.10. The largest absolute Gasteiger partial charge is 0.497 e. The van der Waals surface area contributed by atoms with E-state index in [-0.39, 0.29) is 15.8 Å². The zero-order chi connectivity index (χ0) is 22.2. The molecule has 0 radical (unpaired) electrons. The third-order valence-electron chi connectivity index (χ3n) is 5.45. The van der Waals surface area contributed by atoms with Crippen LogP contribution < -0.4 is 9.64 Å². The van der Waals surface area contributed by atoms with Gasteiger partial charge < -0.3 is 14.1 Å². The lowest BCUT2D eigenvalue weighted by Crippen LogP contribution is -2.39. The number of sulfone groups is 1. The second kappa shape index (κ2) is 8.67. The Morgan fingerprint density at radius 3 is 2.23 bits per heavy atom. The quantitative estimate of drug-likeness (QED) is 0.461. The number of rotatable bonds is 5. The van der Waals surface area contributed by atoms with Gasteiger partial charge in [0.05, 0.1) is 12.0 Å². The molecule has 0 aliphatic carbocycles. The van der Waals surface area contributed by atoms with E-state index in [1.54, 1.807) is 43.5 Å². The maximum atomic E-state index is 13.5. The number of nitrogens with zero attached hydrogens (tertiary/aromatic N) is 2. The predicted octanol–water partition coefficient (Wildman–Crippen LogP) is 5.43. The smallest absolute Gasteiger partial charge is 0.236 e. The maximum absolute atomic E-state index is 13.5. The summed E-state index contributed by atoms with van der Waals surface area (Å²) in [7, 11) is -2.27. The zero-order valence-electron chi connectivity index (χ0n) is 17.7. The van der Waals surface area contributed by atoms with Crippen molar-refractivity contribution in [3.05, 3.63) is 53.0 Å². The van der Waals surface area contributed by atoms with Crippen molar-refractivity contribution >= 4 is 31.7 Å². The monoisotopic (exact) mass is 504 g/mol. The van der Waals surface area contributed by atoms with Crippen molar-refractivity contribution in [2.45, 2.75) is 30.2 Å². The zero-order valence-corrected chi connectivity index (χ0v) is 20.1. The summed E-state index contributed by atoms with van der Waals surface area (Å²) in [5.41, 5.74) is 0.692. The summed E-state index contributed by atoms with van der Waals surface area (Å²) >= 11 is 3.36. The van der Waals surface area contributed by atoms with Gasteiger partial charge in [-0.15, -0.1) is 0 Å². The number of aromatic nitrogens is 1. The van der Waals surface area contributed by atoms with Gasteiger partial charge >= 0.3 is 0 Å². The molecule has 8 heteroatoms. The van der Waals surface area contributed by atoms with Gasteiger partial charge in [0.15, 0.2) is 0 Å². The molecule has 31 heavy (non-hydrogen) atoms. The first-order valence-electron chi connectivity index (χ1n) is 10.2. The minimum atomic E-state index is -3.86. The molecule has 2 unspecified atom stereocenters. The van der Waals surface area contributed by atoms with E-state index in [2.05, 4.69) is 34.8 Å². The molecule has 2 atom stereocenters. The Labute approximate surface area is 191 Å². The lowest BCUT2D eigenvalue weighted by atomic mass is 9.92. The fourth-order valence-corrected chi connectivity index (χ4v) is 5.67. The van der Waals surface area contributed by atoms with E-state index in [0.29, 0.717) is 29.0 Å². The molecule has 3 aromatic rings. The summed E-state index contributed by atoms with van der Waals surface area (Å²) in [6, 6.07) is 13.8. The number of piperidine rings is 1. The van der Waals surface area contributed by atoms with Gasteiger partial charge in [-0.2, -0.15) is 4.98 Å². The van der Waals surface area contributed by atoms with Gasteiger partial charge in [0.2, 0.25) is 26.6 Å². The number of hydrogen-bond acceptors (Lipinski definition) is 6. The Kier molecular flexibility index (Phi) is 6.12. The van der Waals surface area contributed by atoms with Crippen LogP contribution in [-0.2, 0) is 9.84 Å². The molecule has 6 nitrogen and oxygen atoms in total. The number of ether oxygens (including phenoxy) is 1. The second-order valence-electron chi connectivity index (χ2n) is 8.17. The first kappa shape index (κ1) is 21.9. The third kappa shape index (κ3) is 4.50. The van der Waals surface area contributed by atoms with Crippen molar-refractivity contribution in [3.8, 4) is 17.2 Å². The average molecular weight is 505 g/mol. The lowest BCUT2D eigenvalue weighted by Gasteiger charge is -2.34. The highest BCUT2D eigenvalue weighted by molar-refractivity contribution is 9.10. The van der Waals surface area contributed by atoms with Crippen molar-refractivity contribution in [1.82, 2.24) is 4.98 Å². The summed E-state index contributed by atoms with van der Waals surface area (Å²) in [4.78, 5) is 6.69. The van der Waals surface area contributed by atoms with Crippen LogP contribution in [0.3, 0.4) is 0 Å². The molecule has 0 N–H and O–H groups in total. The number of anilines is 1. The number of oxazole rings is 1. The lowest BCUT2D eigenvalue weighted by molar-refractivity contribution is 0.342. The fraction of sp³-hybridized carbons (Fsp3) is 0.348. The molecule has 2 aromatic carbocycles. The molecule has 0 bridgehead atoms. The van der Waals surface area contributed by atoms with Crippen molar-refractivity contribution in [2.24, 2.45) is 11.8 Å². The van der Waals surface area contributed by atoms with Crippen molar-refractivity contribution in [3.63, 3.8) is 0 Å². The molecule has 1 aliphatic heterocycles. The first-order chi connectivity index (χ1) is 14.8. The minimum absolute atomic E-state index is 0.0399. The molecule has 0 spiro atoms. The van der Waals surface area contributed by atoms with Crippen molar-refractivity contribution < 1.29 is 17.6 Å². The van der Waals surface area contributed by atoms with E-state index >= 15 is 0 Å². The molecule has 2 heterocycles. The van der Waals surface area contributed by atoms with Crippen molar-refractivity contribution in [2.75, 3.05) is 25.1 Å². The standard InChI is InChI=1S/C23H25BrN2O4S/c1-15-12-16(2)14-26(13-15)23-22(31(27,28)20-10-6-18(24)7-11-20)25-21(30-23)17-4-8-19(29-3)9-5-17/h4-11,15-16H,12-14H2,1-3H3. The van der Waals surface area contributed by atoms with E-state index in [9.17, 15) is 8.42 Å². The Bertz CT molecular complexity index is 1150. The minimum Gasteiger partial charge on any atom is -0.497 e. The normalized spacial score (nSPS) is 19.4. The number of hydrogen-bond donors (Lipinski definition) is 0. The van der Waals surface area contributed by atoms with Gasteiger partial charge in [-0.3, -0.25) is 0 Å². The van der Waals surface area contributed by atoms with Crippen LogP contribution in [0, 0.1) is 11.8 Å². The summed E-state index contributed by atoms with van der Waals surface area (Å²) in [6.45, 7) is 5.80. The molecular formula is C23H25BrN2O4S. The SMILES string of the molecule is COc1ccc(-c2nc(S(=O)(=O)c3ccc(Br)cc3)c(N3CC(C)CC(C)C3)o2)cc1. The molecule has 0 amide bonds. The van der Waals surface area contributed by atoms with Crippen LogP contribution in [0.2, 0.25) is 0 Å².